The van der Waals surface area contributed by atoms with E-state index < -0.39 is 5.41 Å². The van der Waals surface area contributed by atoms with Gasteiger partial charge in [0.25, 0.3) is 0 Å². The third-order valence-electron chi connectivity index (χ3n) is 11.8. The lowest BCUT2D eigenvalue weighted by Crippen LogP contribution is -2.68. The van der Waals surface area contributed by atoms with Crippen molar-refractivity contribution < 1.29 is 14.4 Å². The Morgan fingerprint density at radius 2 is 1.71 bits per heavy atom. The van der Waals surface area contributed by atoms with Crippen LogP contribution in [0.25, 0.3) is 4.85 Å². The lowest BCUT2D eigenvalue weighted by Gasteiger charge is -2.68. The molecule has 5 heteroatoms. The highest BCUT2D eigenvalue weighted by Gasteiger charge is 2.68. The van der Waals surface area contributed by atoms with E-state index in [9.17, 15) is 14.4 Å². The average molecular weight is 477 g/mol. The molecule has 3 fully saturated rings. The Morgan fingerprint density at radius 1 is 1.03 bits per heavy atom. The van der Waals surface area contributed by atoms with E-state index in [1.54, 1.807) is 0 Å². The standard InChI is InChI=1S/C30H40N2O3/c1-18-19-8-9-28(5)23(27(19,4)16-21(31-7)25(18)35)14-22(34)24-20-15-26(2,3)10-12-30(20,32-17-33)13-11-29(24,28)6/h14,16-20,24H,8-13,15H2,1-6H3,(H,32,33)/t18-,19-,20-,24-,27-,28+,29+,30-/m0/s1. The minimum Gasteiger partial charge on any atom is -0.353 e. The van der Waals surface area contributed by atoms with Gasteiger partial charge in [0, 0.05) is 22.8 Å². The number of carbonyl (C=O) groups is 3. The molecule has 5 aliphatic rings. The number of hydrogen-bond donors (Lipinski definition) is 1. The quantitative estimate of drug-likeness (QED) is 0.413. The molecule has 0 heterocycles. The molecule has 0 saturated heterocycles. The van der Waals surface area contributed by atoms with E-state index >= 15 is 0 Å². The summed E-state index contributed by atoms with van der Waals surface area (Å²) in [7, 11) is 0. The van der Waals surface area contributed by atoms with E-state index in [-0.39, 0.29) is 62.7 Å². The van der Waals surface area contributed by atoms with Gasteiger partial charge in [-0.05, 0) is 79.1 Å². The molecular weight excluding hydrogens is 436 g/mol. The first-order valence-corrected chi connectivity index (χ1v) is 13.4. The minimum atomic E-state index is -0.467. The summed E-state index contributed by atoms with van der Waals surface area (Å²) in [6.07, 6.45) is 11.3. The molecule has 188 valence electrons. The molecule has 0 unspecified atom stereocenters. The summed E-state index contributed by atoms with van der Waals surface area (Å²) < 4.78 is 0. The van der Waals surface area contributed by atoms with E-state index in [4.69, 9.17) is 6.57 Å². The zero-order valence-corrected chi connectivity index (χ0v) is 22.2. The van der Waals surface area contributed by atoms with Gasteiger partial charge in [-0.15, -0.1) is 0 Å². The van der Waals surface area contributed by atoms with Crippen molar-refractivity contribution in [1.29, 1.82) is 0 Å². The van der Waals surface area contributed by atoms with Crippen LogP contribution in [0.4, 0.5) is 0 Å². The maximum atomic E-state index is 14.2. The molecule has 35 heavy (non-hydrogen) atoms. The van der Waals surface area contributed by atoms with Gasteiger partial charge in [-0.1, -0.05) is 53.2 Å². The Morgan fingerprint density at radius 3 is 2.37 bits per heavy atom. The fraction of sp³-hybridized carbons (Fsp3) is 0.733. The number of nitrogens with zero attached hydrogens (tertiary/aromatic N) is 1. The molecule has 0 aromatic rings. The van der Waals surface area contributed by atoms with Crippen LogP contribution in [-0.4, -0.2) is 23.5 Å². The van der Waals surface area contributed by atoms with Gasteiger partial charge in [-0.2, -0.15) is 0 Å². The van der Waals surface area contributed by atoms with Gasteiger partial charge in [0.15, 0.2) is 11.6 Å². The van der Waals surface area contributed by atoms with Crippen LogP contribution < -0.4 is 5.32 Å². The summed E-state index contributed by atoms with van der Waals surface area (Å²) in [4.78, 5) is 42.4. The van der Waals surface area contributed by atoms with Crippen LogP contribution >= 0.6 is 0 Å². The maximum Gasteiger partial charge on any atom is 0.226 e. The number of Topliss-reactive ketones (excluding diaryl/α,β-unsaturated/α-hetero) is 1. The van der Waals surface area contributed by atoms with Crippen molar-refractivity contribution in [3.8, 4) is 0 Å². The van der Waals surface area contributed by atoms with Crippen molar-refractivity contribution in [2.24, 2.45) is 45.3 Å². The van der Waals surface area contributed by atoms with Crippen molar-refractivity contribution in [3.63, 3.8) is 0 Å². The predicted molar refractivity (Wildman–Crippen MR) is 135 cm³/mol. The van der Waals surface area contributed by atoms with Crippen LogP contribution in [0.3, 0.4) is 0 Å². The molecule has 5 aliphatic carbocycles. The molecule has 5 nitrogen and oxygen atoms in total. The largest absolute Gasteiger partial charge is 0.353 e. The summed E-state index contributed by atoms with van der Waals surface area (Å²) >= 11 is 0. The first-order chi connectivity index (χ1) is 16.3. The van der Waals surface area contributed by atoms with Crippen LogP contribution in [-0.2, 0) is 14.4 Å². The average Bonchev–Trinajstić information content (AvgIpc) is 2.79. The van der Waals surface area contributed by atoms with E-state index in [1.165, 1.54) is 0 Å². The molecule has 3 saturated carbocycles. The lowest BCUT2D eigenvalue weighted by molar-refractivity contribution is -0.160. The van der Waals surface area contributed by atoms with Crippen molar-refractivity contribution in [1.82, 2.24) is 5.32 Å². The molecule has 0 bridgehead atoms. The molecule has 0 aromatic carbocycles. The smallest absolute Gasteiger partial charge is 0.226 e. The molecular formula is C30H40N2O3. The topological polar surface area (TPSA) is 67.6 Å². The number of allylic oxidation sites excluding steroid dienone is 4. The van der Waals surface area contributed by atoms with E-state index in [0.717, 1.165) is 56.9 Å². The summed E-state index contributed by atoms with van der Waals surface area (Å²) in [5.41, 5.74) is 0.303. The summed E-state index contributed by atoms with van der Waals surface area (Å²) in [5, 5.41) is 3.24. The molecule has 1 amide bonds. The van der Waals surface area contributed by atoms with Crippen LogP contribution in [0.5, 0.6) is 0 Å². The third-order valence-corrected chi connectivity index (χ3v) is 11.8. The van der Waals surface area contributed by atoms with Crippen LogP contribution in [0.1, 0.15) is 86.5 Å². The normalized spacial score (nSPS) is 48.1. The van der Waals surface area contributed by atoms with Gasteiger partial charge in [0.2, 0.25) is 12.1 Å². The molecule has 8 atom stereocenters. The van der Waals surface area contributed by atoms with Crippen LogP contribution in [0, 0.1) is 51.9 Å². The monoisotopic (exact) mass is 476 g/mol. The summed E-state index contributed by atoms with van der Waals surface area (Å²) in [6.45, 7) is 21.0. The second kappa shape index (κ2) is 7.40. The number of ketones is 2. The highest BCUT2D eigenvalue weighted by molar-refractivity contribution is 6.01. The number of amides is 1. The van der Waals surface area contributed by atoms with Crippen LogP contribution in [0.2, 0.25) is 0 Å². The summed E-state index contributed by atoms with van der Waals surface area (Å²) in [5.74, 6) is 0.0116. The van der Waals surface area contributed by atoms with E-state index in [2.05, 4.69) is 44.8 Å². The van der Waals surface area contributed by atoms with Gasteiger partial charge in [-0.3, -0.25) is 9.59 Å². The fourth-order valence-electron chi connectivity index (χ4n) is 9.59. The molecule has 5 rings (SSSR count). The molecule has 0 aromatic heterocycles. The van der Waals surface area contributed by atoms with Crippen molar-refractivity contribution in [2.75, 3.05) is 0 Å². The predicted octanol–water partition coefficient (Wildman–Crippen LogP) is 5.67. The minimum absolute atomic E-state index is 0.0512. The Hall–Kier alpha value is -2.22. The SMILES string of the molecule is [C-]#[N+]C1=C[C@]2(C)C3=CC(=O)[C@@H]4[C@@H]5CC(C)(C)CC[C@]5(NC=O)CC[C@@]4(C)[C@]3(C)CC[C@H]2[C@H](C)C1=O. The van der Waals surface area contributed by atoms with Crippen molar-refractivity contribution in [2.45, 2.75) is 92.0 Å². The number of fused-ring (bicyclic) bond motifs is 7. The zero-order valence-electron chi connectivity index (χ0n) is 22.2. The maximum absolute atomic E-state index is 14.2. The zero-order chi connectivity index (χ0) is 25.6. The van der Waals surface area contributed by atoms with E-state index in [0.29, 0.717) is 0 Å². The van der Waals surface area contributed by atoms with Gasteiger partial charge in [-0.25, -0.2) is 4.85 Å². The number of nitrogens with one attached hydrogen (secondary N) is 1. The van der Waals surface area contributed by atoms with Crippen molar-refractivity contribution in [3.05, 3.63) is 34.8 Å². The molecule has 1 N–H and O–H groups in total. The number of carbonyl (C=O) groups excluding carboxylic acids is 3. The van der Waals surface area contributed by atoms with E-state index in [1.807, 2.05) is 19.1 Å². The van der Waals surface area contributed by atoms with Crippen molar-refractivity contribution >= 4 is 18.0 Å². The Bertz CT molecular complexity index is 1110. The Balaban J connectivity index is 1.68. The first kappa shape index (κ1) is 24.5. The van der Waals surface area contributed by atoms with Crippen LogP contribution in [0.15, 0.2) is 23.4 Å². The Labute approximate surface area is 210 Å². The van der Waals surface area contributed by atoms with Gasteiger partial charge in [0.1, 0.15) is 0 Å². The molecule has 0 aliphatic heterocycles. The second-order valence-corrected chi connectivity index (χ2v) is 13.8. The fourth-order valence-corrected chi connectivity index (χ4v) is 9.59. The highest BCUT2D eigenvalue weighted by Crippen LogP contribution is 2.72. The van der Waals surface area contributed by atoms with Gasteiger partial charge < -0.3 is 10.1 Å². The van der Waals surface area contributed by atoms with Gasteiger partial charge in [0.05, 0.1) is 6.57 Å². The molecule has 0 radical (unpaired) electrons. The Kier molecular flexibility index (Phi) is 5.18. The lowest BCUT2D eigenvalue weighted by atomic mass is 9.36. The number of hydrogen-bond acceptors (Lipinski definition) is 3. The summed E-state index contributed by atoms with van der Waals surface area (Å²) in [6, 6.07) is 0. The highest BCUT2D eigenvalue weighted by atomic mass is 16.1. The number of rotatable bonds is 2. The first-order valence-electron chi connectivity index (χ1n) is 13.4. The second-order valence-electron chi connectivity index (χ2n) is 13.8. The third kappa shape index (κ3) is 3.01. The molecule has 0 spiro atoms. The van der Waals surface area contributed by atoms with Gasteiger partial charge >= 0.3 is 0 Å².